The SMILES string of the molecule is CC(C)(C)OC1CCN(C(=O)C2CCCC(C(=O)O)C2)CC1. The molecular formula is C17H29NO4. The smallest absolute Gasteiger partial charge is 0.306 e. The van der Waals surface area contributed by atoms with Crippen molar-refractivity contribution in [3.63, 3.8) is 0 Å². The number of piperidine rings is 1. The standard InChI is InChI=1S/C17H29NO4/c1-17(2,3)22-14-7-9-18(10-8-14)15(19)12-5-4-6-13(11-12)16(20)21/h12-14H,4-11H2,1-3H3,(H,20,21). The molecule has 2 atom stereocenters. The molecule has 2 unspecified atom stereocenters. The molecule has 2 aliphatic rings. The molecule has 0 aromatic heterocycles. The van der Waals surface area contributed by atoms with Crippen LogP contribution in [0.3, 0.4) is 0 Å². The van der Waals surface area contributed by atoms with Crippen LogP contribution in [0, 0.1) is 11.8 Å². The van der Waals surface area contributed by atoms with Crippen LogP contribution in [0.1, 0.15) is 59.3 Å². The van der Waals surface area contributed by atoms with Crippen molar-refractivity contribution in [3.8, 4) is 0 Å². The summed E-state index contributed by atoms with van der Waals surface area (Å²) in [6.07, 6.45) is 4.86. The van der Waals surface area contributed by atoms with Crippen molar-refractivity contribution in [2.45, 2.75) is 71.0 Å². The first kappa shape index (κ1) is 17.3. The molecular weight excluding hydrogens is 282 g/mol. The Kier molecular flexibility index (Phi) is 5.48. The number of carbonyl (C=O) groups excluding carboxylic acids is 1. The fourth-order valence-corrected chi connectivity index (χ4v) is 3.59. The van der Waals surface area contributed by atoms with Crippen LogP contribution in [0.5, 0.6) is 0 Å². The molecule has 1 aliphatic heterocycles. The number of ether oxygens (including phenoxy) is 1. The van der Waals surface area contributed by atoms with Gasteiger partial charge in [0.15, 0.2) is 0 Å². The van der Waals surface area contributed by atoms with E-state index in [-0.39, 0.29) is 29.4 Å². The zero-order chi connectivity index (χ0) is 16.3. The molecule has 22 heavy (non-hydrogen) atoms. The van der Waals surface area contributed by atoms with Gasteiger partial charge >= 0.3 is 5.97 Å². The van der Waals surface area contributed by atoms with E-state index in [2.05, 4.69) is 20.8 Å². The lowest BCUT2D eigenvalue weighted by Crippen LogP contribution is -2.46. The molecule has 0 radical (unpaired) electrons. The average molecular weight is 311 g/mol. The summed E-state index contributed by atoms with van der Waals surface area (Å²) in [6.45, 7) is 7.62. The number of rotatable bonds is 3. The number of carboxylic acid groups (broad SMARTS) is 1. The van der Waals surface area contributed by atoms with E-state index >= 15 is 0 Å². The van der Waals surface area contributed by atoms with Crippen LogP contribution in [0.25, 0.3) is 0 Å². The van der Waals surface area contributed by atoms with E-state index in [1.54, 1.807) is 0 Å². The van der Waals surface area contributed by atoms with Crippen molar-refractivity contribution < 1.29 is 19.4 Å². The molecule has 0 spiro atoms. The Morgan fingerprint density at radius 2 is 1.64 bits per heavy atom. The van der Waals surface area contributed by atoms with E-state index in [1.807, 2.05) is 4.90 Å². The molecule has 0 aromatic carbocycles. The molecule has 1 aliphatic carbocycles. The summed E-state index contributed by atoms with van der Waals surface area (Å²) in [5.41, 5.74) is -0.144. The highest BCUT2D eigenvalue weighted by Crippen LogP contribution is 2.31. The van der Waals surface area contributed by atoms with Crippen LogP contribution in [-0.2, 0) is 14.3 Å². The first-order chi connectivity index (χ1) is 10.3. The summed E-state index contributed by atoms with van der Waals surface area (Å²) < 4.78 is 5.99. The highest BCUT2D eigenvalue weighted by Gasteiger charge is 2.35. The average Bonchev–Trinajstić information content (AvgIpc) is 2.46. The van der Waals surface area contributed by atoms with Gasteiger partial charge in [-0.05, 0) is 52.9 Å². The minimum Gasteiger partial charge on any atom is -0.481 e. The van der Waals surface area contributed by atoms with Gasteiger partial charge in [0.05, 0.1) is 17.6 Å². The molecule has 1 N–H and O–H groups in total. The molecule has 0 bridgehead atoms. The van der Waals surface area contributed by atoms with E-state index in [0.717, 1.165) is 38.8 Å². The molecule has 1 heterocycles. The van der Waals surface area contributed by atoms with Gasteiger partial charge in [-0.3, -0.25) is 9.59 Å². The molecule has 2 rings (SSSR count). The van der Waals surface area contributed by atoms with Crippen molar-refractivity contribution in [2.24, 2.45) is 11.8 Å². The summed E-state index contributed by atoms with van der Waals surface area (Å²) in [4.78, 5) is 25.7. The third kappa shape index (κ3) is 4.70. The Balaban J connectivity index is 1.83. The number of hydrogen-bond acceptors (Lipinski definition) is 3. The Morgan fingerprint density at radius 3 is 2.18 bits per heavy atom. The van der Waals surface area contributed by atoms with Gasteiger partial charge in [0.25, 0.3) is 0 Å². The lowest BCUT2D eigenvalue weighted by atomic mass is 9.80. The van der Waals surface area contributed by atoms with E-state index in [0.29, 0.717) is 12.8 Å². The number of amides is 1. The molecule has 126 valence electrons. The molecule has 5 nitrogen and oxygen atoms in total. The van der Waals surface area contributed by atoms with Crippen LogP contribution in [0.15, 0.2) is 0 Å². The lowest BCUT2D eigenvalue weighted by molar-refractivity contribution is -0.146. The van der Waals surface area contributed by atoms with E-state index in [9.17, 15) is 9.59 Å². The van der Waals surface area contributed by atoms with Crippen LogP contribution in [0.2, 0.25) is 0 Å². The van der Waals surface area contributed by atoms with E-state index in [4.69, 9.17) is 9.84 Å². The van der Waals surface area contributed by atoms with Crippen molar-refractivity contribution in [1.29, 1.82) is 0 Å². The number of nitrogens with zero attached hydrogens (tertiary/aromatic N) is 1. The van der Waals surface area contributed by atoms with E-state index < -0.39 is 5.97 Å². The van der Waals surface area contributed by atoms with Gasteiger partial charge in [-0.25, -0.2) is 0 Å². The normalized spacial score (nSPS) is 27.7. The quantitative estimate of drug-likeness (QED) is 0.870. The first-order valence-electron chi connectivity index (χ1n) is 8.45. The minimum atomic E-state index is -0.755. The number of aliphatic carboxylic acids is 1. The highest BCUT2D eigenvalue weighted by molar-refractivity contribution is 5.80. The molecule has 0 aromatic rings. The first-order valence-corrected chi connectivity index (χ1v) is 8.45. The van der Waals surface area contributed by atoms with E-state index in [1.165, 1.54) is 0 Å². The zero-order valence-corrected chi connectivity index (χ0v) is 14.0. The number of hydrogen-bond donors (Lipinski definition) is 1. The Hall–Kier alpha value is -1.10. The Labute approximate surface area is 133 Å². The topological polar surface area (TPSA) is 66.8 Å². The second-order valence-electron chi connectivity index (χ2n) is 7.65. The van der Waals surface area contributed by atoms with Gasteiger partial charge in [-0.1, -0.05) is 6.42 Å². The maximum absolute atomic E-state index is 12.6. The Morgan fingerprint density at radius 1 is 1.05 bits per heavy atom. The number of likely N-dealkylation sites (tertiary alicyclic amines) is 1. The van der Waals surface area contributed by atoms with Gasteiger partial charge in [0, 0.05) is 19.0 Å². The van der Waals surface area contributed by atoms with Crippen molar-refractivity contribution in [2.75, 3.05) is 13.1 Å². The molecule has 1 saturated heterocycles. The van der Waals surface area contributed by atoms with Crippen LogP contribution in [0.4, 0.5) is 0 Å². The van der Waals surface area contributed by atoms with Crippen molar-refractivity contribution in [1.82, 2.24) is 4.90 Å². The second-order valence-corrected chi connectivity index (χ2v) is 7.65. The van der Waals surface area contributed by atoms with Crippen LogP contribution < -0.4 is 0 Å². The number of carbonyl (C=O) groups is 2. The molecule has 5 heteroatoms. The predicted molar refractivity (Wildman–Crippen MR) is 83.5 cm³/mol. The minimum absolute atomic E-state index is 0.102. The predicted octanol–water partition coefficient (Wildman–Crippen LogP) is 2.68. The fourth-order valence-electron chi connectivity index (χ4n) is 3.59. The van der Waals surface area contributed by atoms with Gasteiger partial charge in [0.2, 0.25) is 5.91 Å². The van der Waals surface area contributed by atoms with Crippen molar-refractivity contribution >= 4 is 11.9 Å². The summed E-state index contributed by atoms with van der Waals surface area (Å²) in [6, 6.07) is 0. The molecule has 1 saturated carbocycles. The fraction of sp³-hybridized carbons (Fsp3) is 0.882. The number of carboxylic acids is 1. The summed E-state index contributed by atoms with van der Waals surface area (Å²) >= 11 is 0. The van der Waals surface area contributed by atoms with Crippen LogP contribution >= 0.6 is 0 Å². The third-order valence-corrected chi connectivity index (χ3v) is 4.65. The molecule has 2 fully saturated rings. The summed E-state index contributed by atoms with van der Waals surface area (Å²) in [7, 11) is 0. The Bertz CT molecular complexity index is 407. The van der Waals surface area contributed by atoms with Gasteiger partial charge < -0.3 is 14.7 Å². The third-order valence-electron chi connectivity index (χ3n) is 4.65. The maximum Gasteiger partial charge on any atom is 0.306 e. The van der Waals surface area contributed by atoms with Crippen molar-refractivity contribution in [3.05, 3.63) is 0 Å². The largest absolute Gasteiger partial charge is 0.481 e. The maximum atomic E-state index is 12.6. The summed E-state index contributed by atoms with van der Waals surface area (Å²) in [5, 5.41) is 9.15. The van der Waals surface area contributed by atoms with Gasteiger partial charge in [0.1, 0.15) is 0 Å². The zero-order valence-electron chi connectivity index (χ0n) is 14.0. The van der Waals surface area contributed by atoms with Gasteiger partial charge in [-0.2, -0.15) is 0 Å². The van der Waals surface area contributed by atoms with Crippen LogP contribution in [-0.4, -0.2) is 46.7 Å². The lowest BCUT2D eigenvalue weighted by Gasteiger charge is -2.38. The summed E-state index contributed by atoms with van der Waals surface area (Å²) in [5.74, 6) is -1.05. The second kappa shape index (κ2) is 6.99. The van der Waals surface area contributed by atoms with Gasteiger partial charge in [-0.15, -0.1) is 0 Å². The molecule has 1 amide bonds. The monoisotopic (exact) mass is 311 g/mol. The highest BCUT2D eigenvalue weighted by atomic mass is 16.5.